The lowest BCUT2D eigenvalue weighted by molar-refractivity contribution is -0.138. The molecule has 2 aliphatic heterocycles. The van der Waals surface area contributed by atoms with Crippen molar-refractivity contribution in [3.63, 3.8) is 0 Å². The summed E-state index contributed by atoms with van der Waals surface area (Å²) >= 11 is 0. The van der Waals surface area contributed by atoms with Crippen LogP contribution in [0.5, 0.6) is 5.75 Å². The zero-order valence-electron chi connectivity index (χ0n) is 16.6. The summed E-state index contributed by atoms with van der Waals surface area (Å²) in [5.41, 5.74) is -0.660. The predicted octanol–water partition coefficient (Wildman–Crippen LogP) is 1.84. The van der Waals surface area contributed by atoms with Crippen molar-refractivity contribution >= 4 is 31.3 Å². The molecule has 2 N–H and O–H groups in total. The number of nitrogens with one attached hydrogen (secondary N) is 2. The molecule has 3 amide bonds. The maximum Gasteiger partial charge on any atom is 0.254 e. The van der Waals surface area contributed by atoms with Gasteiger partial charge in [0.05, 0.1) is 12.5 Å². The highest BCUT2D eigenvalue weighted by atomic mass is 19.1. The second-order valence-electron chi connectivity index (χ2n) is 7.48. The number of carbonyl (C=O) groups excluding carboxylic acids is 3. The highest BCUT2D eigenvalue weighted by Crippen LogP contribution is 2.36. The number of fused-ring (bicyclic) bond motifs is 1. The molecule has 1 unspecified atom stereocenters. The van der Waals surface area contributed by atoms with Crippen LogP contribution in [-0.4, -0.2) is 43.0 Å². The number of imide groups is 1. The quantitative estimate of drug-likeness (QED) is 0.564. The van der Waals surface area contributed by atoms with Crippen LogP contribution >= 0.6 is 0 Å². The van der Waals surface area contributed by atoms with Crippen LogP contribution in [0.25, 0.3) is 0 Å². The monoisotopic (exact) mass is 425 g/mol. The van der Waals surface area contributed by atoms with Gasteiger partial charge in [-0.05, 0) is 36.8 Å². The maximum absolute atomic E-state index is 14.3. The third-order valence-electron chi connectivity index (χ3n) is 5.59. The molecule has 158 valence electrons. The molecule has 2 heterocycles. The van der Waals surface area contributed by atoms with Gasteiger partial charge in [-0.15, -0.1) is 0 Å². The van der Waals surface area contributed by atoms with Crippen molar-refractivity contribution < 1.29 is 27.9 Å². The topological polar surface area (TPSA) is 87.7 Å². The number of carbonyl (C=O) groups is 3. The number of rotatable bonds is 5. The van der Waals surface area contributed by atoms with E-state index < -0.39 is 34.8 Å². The van der Waals surface area contributed by atoms with Gasteiger partial charge in [0, 0.05) is 41.9 Å². The van der Waals surface area contributed by atoms with Gasteiger partial charge in [-0.1, -0.05) is 0 Å². The molecular formula is C21H18BF2N3O4. The lowest BCUT2D eigenvalue weighted by Crippen LogP contribution is -2.63. The molecule has 2 radical (unpaired) electrons. The Morgan fingerprint density at radius 2 is 2.00 bits per heavy atom. The van der Waals surface area contributed by atoms with E-state index in [2.05, 4.69) is 10.6 Å². The molecule has 0 saturated carbocycles. The highest BCUT2D eigenvalue weighted by Gasteiger charge is 2.48. The smallest absolute Gasteiger partial charge is 0.254 e. The first-order valence-electron chi connectivity index (χ1n) is 9.57. The summed E-state index contributed by atoms with van der Waals surface area (Å²) in [7, 11) is 7.67. The Balaban J connectivity index is 1.62. The van der Waals surface area contributed by atoms with E-state index in [1.54, 1.807) is 0 Å². The van der Waals surface area contributed by atoms with E-state index in [1.165, 1.54) is 31.4 Å². The standard InChI is InChI=1S/C21H18BF2N3O4/c1-31-13-2-3-16(24)11(6-13)9-25-17-8-12(23)7-14-15(17)10-27(19(14)29)21(22)5-4-18(28)26-20(21)30/h2-3,6-8,25H,4-5,9-10H2,1H3,(H,26,28,30). The summed E-state index contributed by atoms with van der Waals surface area (Å²) in [6, 6.07) is 6.53. The van der Waals surface area contributed by atoms with Crippen LogP contribution in [0.15, 0.2) is 30.3 Å². The zero-order valence-corrected chi connectivity index (χ0v) is 16.6. The predicted molar refractivity (Wildman–Crippen MR) is 107 cm³/mol. The third kappa shape index (κ3) is 3.62. The number of nitrogens with zero attached hydrogens (tertiary/aromatic N) is 1. The number of amides is 3. The second kappa shape index (κ2) is 7.68. The van der Waals surface area contributed by atoms with Gasteiger partial charge in [0.25, 0.3) is 5.91 Å². The van der Waals surface area contributed by atoms with E-state index in [0.717, 1.165) is 11.0 Å². The van der Waals surface area contributed by atoms with E-state index in [0.29, 0.717) is 16.9 Å². The number of benzene rings is 2. The number of anilines is 1. The molecule has 1 fully saturated rings. The fourth-order valence-corrected chi connectivity index (χ4v) is 3.83. The van der Waals surface area contributed by atoms with E-state index in [-0.39, 0.29) is 37.2 Å². The molecule has 4 rings (SSSR count). The van der Waals surface area contributed by atoms with Gasteiger partial charge in [0.1, 0.15) is 25.2 Å². The number of hydrogen-bond donors (Lipinski definition) is 2. The average Bonchev–Trinajstić information content (AvgIpc) is 3.07. The van der Waals surface area contributed by atoms with Crippen LogP contribution < -0.4 is 15.4 Å². The van der Waals surface area contributed by atoms with Crippen molar-refractivity contribution in [1.82, 2.24) is 10.2 Å². The van der Waals surface area contributed by atoms with Crippen molar-refractivity contribution in [2.75, 3.05) is 12.4 Å². The van der Waals surface area contributed by atoms with Crippen LogP contribution in [-0.2, 0) is 22.7 Å². The van der Waals surface area contributed by atoms with Crippen molar-refractivity contribution in [1.29, 1.82) is 0 Å². The molecule has 0 aliphatic carbocycles. The summed E-state index contributed by atoms with van der Waals surface area (Å²) in [6.45, 7) is -0.0502. The minimum atomic E-state index is -1.73. The van der Waals surface area contributed by atoms with Crippen LogP contribution in [0.1, 0.15) is 34.3 Å². The van der Waals surface area contributed by atoms with Crippen LogP contribution in [0, 0.1) is 11.6 Å². The molecule has 2 aliphatic rings. The molecule has 31 heavy (non-hydrogen) atoms. The molecular weight excluding hydrogens is 407 g/mol. The molecule has 1 saturated heterocycles. The van der Waals surface area contributed by atoms with E-state index in [9.17, 15) is 23.2 Å². The number of ether oxygens (including phenoxy) is 1. The second-order valence-corrected chi connectivity index (χ2v) is 7.48. The molecule has 0 aromatic heterocycles. The summed E-state index contributed by atoms with van der Waals surface area (Å²) in [5, 5.41) is 5.10. The van der Waals surface area contributed by atoms with Crippen molar-refractivity contribution in [2.45, 2.75) is 31.4 Å². The molecule has 0 spiro atoms. The normalized spacial score (nSPS) is 20.5. The van der Waals surface area contributed by atoms with Crippen LogP contribution in [0.4, 0.5) is 14.5 Å². The first-order valence-corrected chi connectivity index (χ1v) is 9.57. The van der Waals surface area contributed by atoms with E-state index in [1.807, 2.05) is 0 Å². The molecule has 2 aromatic carbocycles. The van der Waals surface area contributed by atoms with Gasteiger partial charge >= 0.3 is 0 Å². The Hall–Kier alpha value is -3.43. The van der Waals surface area contributed by atoms with Crippen molar-refractivity contribution in [2.24, 2.45) is 0 Å². The fourth-order valence-electron chi connectivity index (χ4n) is 3.83. The first-order chi connectivity index (χ1) is 14.7. The van der Waals surface area contributed by atoms with Crippen molar-refractivity contribution in [3.05, 3.63) is 58.7 Å². The maximum atomic E-state index is 14.3. The Labute approximate surface area is 178 Å². The zero-order chi connectivity index (χ0) is 22.3. The minimum absolute atomic E-state index is 0.00979. The number of piperidine rings is 1. The Morgan fingerprint density at radius 1 is 1.23 bits per heavy atom. The molecule has 0 bridgehead atoms. The fraction of sp³-hybridized carbons (Fsp3) is 0.286. The van der Waals surface area contributed by atoms with Crippen LogP contribution in [0.3, 0.4) is 0 Å². The highest BCUT2D eigenvalue weighted by molar-refractivity contribution is 6.32. The largest absolute Gasteiger partial charge is 0.497 e. The minimum Gasteiger partial charge on any atom is -0.497 e. The number of halogens is 2. The lowest BCUT2D eigenvalue weighted by Gasteiger charge is -2.40. The number of methoxy groups -OCH3 is 1. The van der Waals surface area contributed by atoms with Gasteiger partial charge in [-0.3, -0.25) is 19.7 Å². The average molecular weight is 425 g/mol. The first kappa shape index (κ1) is 20.8. The Kier molecular flexibility index (Phi) is 5.16. The summed E-state index contributed by atoms with van der Waals surface area (Å²) in [6.07, 6.45) is -0.0609. The lowest BCUT2D eigenvalue weighted by atomic mass is 9.70. The van der Waals surface area contributed by atoms with Gasteiger partial charge < -0.3 is 15.0 Å². The molecule has 7 nitrogen and oxygen atoms in total. The van der Waals surface area contributed by atoms with Gasteiger partial charge in [0.15, 0.2) is 0 Å². The Morgan fingerprint density at radius 3 is 2.71 bits per heavy atom. The third-order valence-corrected chi connectivity index (χ3v) is 5.59. The van der Waals surface area contributed by atoms with Gasteiger partial charge in [0.2, 0.25) is 11.8 Å². The summed E-state index contributed by atoms with van der Waals surface area (Å²) in [4.78, 5) is 37.9. The Bertz CT molecular complexity index is 1110. The van der Waals surface area contributed by atoms with Crippen molar-refractivity contribution in [3.8, 4) is 5.75 Å². The van der Waals surface area contributed by atoms with E-state index in [4.69, 9.17) is 12.6 Å². The van der Waals surface area contributed by atoms with Gasteiger partial charge in [-0.2, -0.15) is 0 Å². The number of hydrogen-bond acceptors (Lipinski definition) is 5. The SMILES string of the molecule is [B]C1(N2Cc3c(NCc4cc(OC)ccc4F)cc(F)cc3C2=O)CCC(=O)NC1=O. The molecule has 1 atom stereocenters. The van der Waals surface area contributed by atoms with E-state index >= 15 is 0 Å². The molecule has 10 heteroatoms. The molecule has 2 aromatic rings. The van der Waals surface area contributed by atoms with Gasteiger partial charge in [-0.25, -0.2) is 8.78 Å². The summed E-state index contributed by atoms with van der Waals surface area (Å²) in [5.74, 6) is -2.54. The summed E-state index contributed by atoms with van der Waals surface area (Å²) < 4.78 is 33.5. The van der Waals surface area contributed by atoms with Crippen LogP contribution in [0.2, 0.25) is 0 Å².